The van der Waals surface area contributed by atoms with Crippen molar-refractivity contribution in [1.82, 2.24) is 5.43 Å². The summed E-state index contributed by atoms with van der Waals surface area (Å²) in [5.41, 5.74) is 4.25. The standard InChI is InChI=1S/C16H25FN2O/c1-12-11-13(7-8-14(12)17)15(19-18)16(20-2)9-5-3-4-6-10-16/h7-8,11,15,19H,3-6,9-10,18H2,1-2H3. The van der Waals surface area contributed by atoms with Crippen LogP contribution in [0, 0.1) is 12.7 Å². The van der Waals surface area contributed by atoms with Crippen LogP contribution in [-0.2, 0) is 4.74 Å². The third-order valence-electron chi connectivity index (χ3n) is 4.56. The number of benzene rings is 1. The Balaban J connectivity index is 2.34. The van der Waals surface area contributed by atoms with Crippen molar-refractivity contribution in [3.05, 3.63) is 35.1 Å². The molecule has 0 aromatic heterocycles. The molecule has 3 nitrogen and oxygen atoms in total. The Morgan fingerprint density at radius 3 is 2.40 bits per heavy atom. The average Bonchev–Trinajstić information content (AvgIpc) is 2.70. The molecule has 0 amide bonds. The number of nitrogens with two attached hydrogens (primary N) is 1. The van der Waals surface area contributed by atoms with Crippen molar-refractivity contribution in [2.45, 2.75) is 57.1 Å². The first-order valence-corrected chi connectivity index (χ1v) is 7.40. The van der Waals surface area contributed by atoms with Crippen LogP contribution in [0.3, 0.4) is 0 Å². The molecule has 0 spiro atoms. The van der Waals surface area contributed by atoms with Gasteiger partial charge in [0.05, 0.1) is 11.6 Å². The minimum Gasteiger partial charge on any atom is -0.376 e. The smallest absolute Gasteiger partial charge is 0.126 e. The van der Waals surface area contributed by atoms with E-state index in [1.54, 1.807) is 20.1 Å². The lowest BCUT2D eigenvalue weighted by molar-refractivity contribution is -0.0541. The molecule has 20 heavy (non-hydrogen) atoms. The van der Waals surface area contributed by atoms with Crippen molar-refractivity contribution >= 4 is 0 Å². The number of aryl methyl sites for hydroxylation is 1. The number of ether oxygens (including phenoxy) is 1. The highest BCUT2D eigenvalue weighted by molar-refractivity contribution is 5.28. The monoisotopic (exact) mass is 280 g/mol. The van der Waals surface area contributed by atoms with E-state index in [1.807, 2.05) is 6.07 Å². The molecule has 4 heteroatoms. The van der Waals surface area contributed by atoms with E-state index in [2.05, 4.69) is 5.43 Å². The zero-order chi connectivity index (χ0) is 14.6. The summed E-state index contributed by atoms with van der Waals surface area (Å²) in [5, 5.41) is 0. The van der Waals surface area contributed by atoms with Crippen LogP contribution in [0.2, 0.25) is 0 Å². The highest BCUT2D eigenvalue weighted by Crippen LogP contribution is 2.40. The van der Waals surface area contributed by atoms with Crippen LogP contribution in [0.4, 0.5) is 4.39 Å². The van der Waals surface area contributed by atoms with Crippen LogP contribution < -0.4 is 11.3 Å². The molecule has 1 aromatic rings. The third-order valence-corrected chi connectivity index (χ3v) is 4.56. The first-order valence-electron chi connectivity index (χ1n) is 7.40. The summed E-state index contributed by atoms with van der Waals surface area (Å²) in [4.78, 5) is 0. The molecule has 0 saturated heterocycles. The summed E-state index contributed by atoms with van der Waals surface area (Å²) in [7, 11) is 1.76. The van der Waals surface area contributed by atoms with E-state index in [1.165, 1.54) is 18.9 Å². The maximum atomic E-state index is 13.5. The van der Waals surface area contributed by atoms with Gasteiger partial charge in [-0.25, -0.2) is 4.39 Å². The van der Waals surface area contributed by atoms with Crippen LogP contribution >= 0.6 is 0 Å². The summed E-state index contributed by atoms with van der Waals surface area (Å²) >= 11 is 0. The molecule has 1 fully saturated rings. The van der Waals surface area contributed by atoms with Gasteiger partial charge in [0.15, 0.2) is 0 Å². The van der Waals surface area contributed by atoms with E-state index in [-0.39, 0.29) is 17.5 Å². The van der Waals surface area contributed by atoms with E-state index >= 15 is 0 Å². The molecule has 0 heterocycles. The Bertz CT molecular complexity index is 442. The Morgan fingerprint density at radius 1 is 1.25 bits per heavy atom. The van der Waals surface area contributed by atoms with Gasteiger partial charge in [-0.05, 0) is 37.0 Å². The molecule has 1 aliphatic rings. The predicted molar refractivity (Wildman–Crippen MR) is 78.6 cm³/mol. The van der Waals surface area contributed by atoms with Crippen molar-refractivity contribution in [3.63, 3.8) is 0 Å². The SMILES string of the molecule is COC1(C(NN)c2ccc(F)c(C)c2)CCCCCC1. The molecule has 112 valence electrons. The Labute approximate surface area is 120 Å². The normalized spacial score (nSPS) is 20.4. The molecule has 1 saturated carbocycles. The van der Waals surface area contributed by atoms with E-state index in [9.17, 15) is 4.39 Å². The number of hydrazine groups is 1. The number of rotatable bonds is 4. The lowest BCUT2D eigenvalue weighted by Crippen LogP contribution is -2.47. The minimum absolute atomic E-state index is 0.107. The first-order chi connectivity index (χ1) is 9.63. The number of nitrogens with one attached hydrogen (secondary N) is 1. The fourth-order valence-corrected chi connectivity index (χ4v) is 3.34. The van der Waals surface area contributed by atoms with E-state index < -0.39 is 0 Å². The van der Waals surface area contributed by atoms with Crippen molar-refractivity contribution in [2.24, 2.45) is 5.84 Å². The Kier molecular flexibility index (Phi) is 5.13. The second-order valence-corrected chi connectivity index (χ2v) is 5.79. The lowest BCUT2D eigenvalue weighted by Gasteiger charge is -2.39. The second kappa shape index (κ2) is 6.66. The lowest BCUT2D eigenvalue weighted by atomic mass is 9.82. The summed E-state index contributed by atoms with van der Waals surface area (Å²) in [6.45, 7) is 1.78. The maximum absolute atomic E-state index is 13.5. The molecule has 0 bridgehead atoms. The van der Waals surface area contributed by atoms with Crippen LogP contribution in [0.25, 0.3) is 0 Å². The average molecular weight is 280 g/mol. The number of halogens is 1. The predicted octanol–water partition coefficient (Wildman–Crippen LogP) is 3.38. The van der Waals surface area contributed by atoms with Gasteiger partial charge in [-0.2, -0.15) is 0 Å². The van der Waals surface area contributed by atoms with Crippen molar-refractivity contribution in [1.29, 1.82) is 0 Å². The Morgan fingerprint density at radius 2 is 1.90 bits per heavy atom. The van der Waals surface area contributed by atoms with Crippen LogP contribution in [0.5, 0.6) is 0 Å². The van der Waals surface area contributed by atoms with Crippen molar-refractivity contribution in [3.8, 4) is 0 Å². The first kappa shape index (κ1) is 15.4. The number of hydrogen-bond acceptors (Lipinski definition) is 3. The molecular weight excluding hydrogens is 255 g/mol. The molecule has 1 unspecified atom stereocenters. The number of methoxy groups -OCH3 is 1. The third kappa shape index (κ3) is 3.03. The molecule has 1 atom stereocenters. The van der Waals surface area contributed by atoms with Crippen LogP contribution in [-0.4, -0.2) is 12.7 Å². The van der Waals surface area contributed by atoms with Gasteiger partial charge in [-0.1, -0.05) is 37.8 Å². The van der Waals surface area contributed by atoms with Crippen LogP contribution in [0.1, 0.15) is 55.7 Å². The largest absolute Gasteiger partial charge is 0.376 e. The van der Waals surface area contributed by atoms with Gasteiger partial charge in [-0.15, -0.1) is 0 Å². The van der Waals surface area contributed by atoms with E-state index in [0.717, 1.165) is 31.2 Å². The molecule has 2 rings (SSSR count). The van der Waals surface area contributed by atoms with Gasteiger partial charge in [0.25, 0.3) is 0 Å². The van der Waals surface area contributed by atoms with E-state index in [0.29, 0.717) is 5.56 Å². The second-order valence-electron chi connectivity index (χ2n) is 5.79. The molecule has 1 aromatic carbocycles. The van der Waals surface area contributed by atoms with Gasteiger partial charge in [-0.3, -0.25) is 11.3 Å². The summed E-state index contributed by atoms with van der Waals surface area (Å²) in [6, 6.07) is 5.07. The zero-order valence-electron chi connectivity index (χ0n) is 12.4. The van der Waals surface area contributed by atoms with Gasteiger partial charge in [0, 0.05) is 7.11 Å². The summed E-state index contributed by atoms with van der Waals surface area (Å²) < 4.78 is 19.4. The quantitative estimate of drug-likeness (QED) is 0.505. The minimum atomic E-state index is -0.296. The molecule has 1 aliphatic carbocycles. The van der Waals surface area contributed by atoms with Crippen LogP contribution in [0.15, 0.2) is 18.2 Å². The fourth-order valence-electron chi connectivity index (χ4n) is 3.34. The zero-order valence-corrected chi connectivity index (χ0v) is 12.4. The van der Waals surface area contributed by atoms with Gasteiger partial charge in [0.1, 0.15) is 5.82 Å². The maximum Gasteiger partial charge on any atom is 0.126 e. The van der Waals surface area contributed by atoms with Gasteiger partial charge >= 0.3 is 0 Å². The molecular formula is C16H25FN2O. The van der Waals surface area contributed by atoms with E-state index in [4.69, 9.17) is 10.6 Å². The summed E-state index contributed by atoms with van der Waals surface area (Å²) in [5.74, 6) is 5.63. The molecule has 0 radical (unpaired) electrons. The van der Waals surface area contributed by atoms with Crippen molar-refractivity contribution < 1.29 is 9.13 Å². The topological polar surface area (TPSA) is 47.3 Å². The van der Waals surface area contributed by atoms with Gasteiger partial charge in [0.2, 0.25) is 0 Å². The molecule has 0 aliphatic heterocycles. The summed E-state index contributed by atoms with van der Waals surface area (Å²) in [6.07, 6.45) is 6.73. The Hall–Kier alpha value is -0.970. The fraction of sp³-hybridized carbons (Fsp3) is 0.625. The highest BCUT2D eigenvalue weighted by Gasteiger charge is 2.39. The van der Waals surface area contributed by atoms with Crippen molar-refractivity contribution in [2.75, 3.05) is 7.11 Å². The molecule has 3 N–H and O–H groups in total. The highest BCUT2D eigenvalue weighted by atomic mass is 19.1. The number of hydrogen-bond donors (Lipinski definition) is 2. The van der Waals surface area contributed by atoms with Gasteiger partial charge < -0.3 is 4.74 Å².